The highest BCUT2D eigenvalue weighted by Crippen LogP contribution is 2.56. The molecule has 2 aromatic rings. The Labute approximate surface area is 128 Å². The summed E-state index contributed by atoms with van der Waals surface area (Å²) in [5, 5.41) is 4.14. The van der Waals surface area contributed by atoms with Gasteiger partial charge in [0.1, 0.15) is 0 Å². The van der Waals surface area contributed by atoms with E-state index in [4.69, 9.17) is 4.74 Å². The van der Waals surface area contributed by atoms with Gasteiger partial charge in [0.2, 0.25) is 0 Å². The molecule has 1 N–H and O–H groups in total. The Balaban J connectivity index is 1.47. The summed E-state index contributed by atoms with van der Waals surface area (Å²) in [6.07, 6.45) is 7.10. The molecule has 2 heterocycles. The number of hydrogen-bond donors (Lipinski definition) is 1. The molecular weight excluding hydrogens is 304 g/mol. The van der Waals surface area contributed by atoms with Crippen molar-refractivity contribution < 1.29 is 13.2 Å². The predicted octanol–water partition coefficient (Wildman–Crippen LogP) is 0.965. The van der Waals surface area contributed by atoms with Crippen molar-refractivity contribution >= 4 is 15.7 Å². The molecule has 0 bridgehead atoms. The van der Waals surface area contributed by atoms with E-state index in [0.29, 0.717) is 17.2 Å². The van der Waals surface area contributed by atoms with Crippen molar-refractivity contribution in [3.63, 3.8) is 0 Å². The lowest BCUT2D eigenvalue weighted by Gasteiger charge is -2.57. The van der Waals surface area contributed by atoms with Crippen LogP contribution < -0.4 is 4.72 Å². The Bertz CT molecular complexity index is 802. The number of methoxy groups -OCH3 is 1. The van der Waals surface area contributed by atoms with Crippen LogP contribution in [0.4, 0.5) is 0 Å². The minimum absolute atomic E-state index is 0.00271. The molecule has 2 aliphatic carbocycles. The molecule has 8 heteroatoms. The van der Waals surface area contributed by atoms with Crippen LogP contribution in [0.25, 0.3) is 5.65 Å². The number of rotatable bonds is 4. The maximum Gasteiger partial charge on any atom is 0.259 e. The van der Waals surface area contributed by atoms with E-state index in [1.165, 1.54) is 10.7 Å². The molecule has 118 valence electrons. The van der Waals surface area contributed by atoms with Crippen molar-refractivity contribution in [3.05, 3.63) is 24.5 Å². The molecule has 0 saturated heterocycles. The molecule has 0 amide bonds. The molecule has 0 atom stereocenters. The summed E-state index contributed by atoms with van der Waals surface area (Å²) in [6.45, 7) is 0. The van der Waals surface area contributed by atoms with Crippen LogP contribution in [0, 0.1) is 5.41 Å². The Morgan fingerprint density at radius 1 is 1.36 bits per heavy atom. The van der Waals surface area contributed by atoms with Gasteiger partial charge >= 0.3 is 0 Å². The number of imidazole rings is 1. The zero-order chi connectivity index (χ0) is 15.4. The van der Waals surface area contributed by atoms with Crippen LogP contribution in [0.3, 0.4) is 0 Å². The number of sulfonamides is 1. The van der Waals surface area contributed by atoms with Crippen molar-refractivity contribution in [1.29, 1.82) is 0 Å². The second-order valence-electron chi connectivity index (χ2n) is 6.38. The first-order valence-corrected chi connectivity index (χ1v) is 8.84. The molecule has 0 aliphatic heterocycles. The average Bonchev–Trinajstić information content (AvgIpc) is 2.84. The van der Waals surface area contributed by atoms with Gasteiger partial charge in [-0.3, -0.25) is 0 Å². The van der Waals surface area contributed by atoms with E-state index < -0.39 is 10.0 Å². The normalized spacial score (nSPS) is 31.1. The molecule has 2 saturated carbocycles. The molecule has 22 heavy (non-hydrogen) atoms. The van der Waals surface area contributed by atoms with Gasteiger partial charge in [-0.1, -0.05) is 0 Å². The first-order valence-electron chi connectivity index (χ1n) is 7.35. The summed E-state index contributed by atoms with van der Waals surface area (Å²) in [5.74, 6) is 0. The quantitative estimate of drug-likeness (QED) is 0.906. The summed E-state index contributed by atoms with van der Waals surface area (Å²) in [6, 6.07) is 3.45. The summed E-state index contributed by atoms with van der Waals surface area (Å²) in [5.41, 5.74) is 0.820. The Morgan fingerprint density at radius 3 is 2.86 bits per heavy atom. The molecule has 0 unspecified atom stereocenters. The number of nitrogens with one attached hydrogen (secondary N) is 1. The maximum absolute atomic E-state index is 12.5. The fourth-order valence-corrected chi connectivity index (χ4v) is 5.03. The van der Waals surface area contributed by atoms with Gasteiger partial charge in [-0.15, -0.1) is 0 Å². The maximum atomic E-state index is 12.5. The first-order chi connectivity index (χ1) is 10.5. The number of fused-ring (bicyclic) bond motifs is 1. The summed E-state index contributed by atoms with van der Waals surface area (Å²) < 4.78 is 34.4. The number of ether oxygens (including phenoxy) is 1. The van der Waals surface area contributed by atoms with Crippen LogP contribution >= 0.6 is 0 Å². The molecule has 4 rings (SSSR count). The fraction of sp³-hybridized carbons (Fsp3) is 0.571. The van der Waals surface area contributed by atoms with E-state index in [1.807, 2.05) is 0 Å². The van der Waals surface area contributed by atoms with Crippen molar-refractivity contribution in [3.8, 4) is 0 Å². The lowest BCUT2D eigenvalue weighted by molar-refractivity contribution is -0.110. The van der Waals surface area contributed by atoms with Gasteiger partial charge < -0.3 is 4.74 Å². The standard InChI is InChI=1S/C14H18N4O3S/c1-21-11-7-14(8-11)5-10(6-14)17-22(19,20)13-9-15-12-3-2-4-16-18(12)13/h2-4,9-11,17H,5-8H2,1H3. The van der Waals surface area contributed by atoms with E-state index in [1.54, 1.807) is 25.4 Å². The molecular formula is C14H18N4O3S. The van der Waals surface area contributed by atoms with Crippen molar-refractivity contribution in [2.75, 3.05) is 7.11 Å². The van der Waals surface area contributed by atoms with Gasteiger partial charge in [0.15, 0.2) is 10.7 Å². The predicted molar refractivity (Wildman–Crippen MR) is 78.8 cm³/mol. The molecule has 7 nitrogen and oxygen atoms in total. The molecule has 1 spiro atoms. The summed E-state index contributed by atoms with van der Waals surface area (Å²) in [7, 11) is -1.87. The molecule has 0 aromatic carbocycles. The minimum Gasteiger partial charge on any atom is -0.381 e. The summed E-state index contributed by atoms with van der Waals surface area (Å²) in [4.78, 5) is 4.08. The van der Waals surface area contributed by atoms with E-state index in [0.717, 1.165) is 25.7 Å². The highest BCUT2D eigenvalue weighted by Gasteiger charge is 2.53. The van der Waals surface area contributed by atoms with Crippen LogP contribution in [-0.2, 0) is 14.8 Å². The van der Waals surface area contributed by atoms with E-state index in [9.17, 15) is 8.42 Å². The SMILES string of the molecule is COC1CC2(CC(NS(=O)(=O)c3cnc4cccnn34)C2)C1. The average molecular weight is 322 g/mol. The van der Waals surface area contributed by atoms with Crippen LogP contribution in [-0.4, -0.2) is 42.3 Å². The van der Waals surface area contributed by atoms with Crippen molar-refractivity contribution in [2.24, 2.45) is 5.41 Å². The fourth-order valence-electron chi connectivity index (χ4n) is 3.75. The molecule has 2 fully saturated rings. The smallest absolute Gasteiger partial charge is 0.259 e. The van der Waals surface area contributed by atoms with Crippen LogP contribution in [0.15, 0.2) is 29.6 Å². The van der Waals surface area contributed by atoms with Crippen LogP contribution in [0.5, 0.6) is 0 Å². The van der Waals surface area contributed by atoms with Crippen LogP contribution in [0.2, 0.25) is 0 Å². The Kier molecular flexibility index (Phi) is 3.04. The molecule has 0 radical (unpaired) electrons. The highest BCUT2D eigenvalue weighted by molar-refractivity contribution is 7.89. The van der Waals surface area contributed by atoms with Crippen molar-refractivity contribution in [2.45, 2.75) is 42.9 Å². The van der Waals surface area contributed by atoms with E-state index in [2.05, 4.69) is 14.8 Å². The van der Waals surface area contributed by atoms with Gasteiger partial charge in [0, 0.05) is 19.3 Å². The Hall–Kier alpha value is -1.51. The Morgan fingerprint density at radius 2 is 2.14 bits per heavy atom. The minimum atomic E-state index is -3.60. The number of aromatic nitrogens is 3. The van der Waals surface area contributed by atoms with E-state index >= 15 is 0 Å². The van der Waals surface area contributed by atoms with Gasteiger partial charge in [-0.2, -0.15) is 5.10 Å². The largest absolute Gasteiger partial charge is 0.381 e. The van der Waals surface area contributed by atoms with E-state index in [-0.39, 0.29) is 11.1 Å². The molecule has 2 aromatic heterocycles. The second kappa shape index (κ2) is 4.74. The third-order valence-corrected chi connectivity index (χ3v) is 6.33. The lowest BCUT2D eigenvalue weighted by atomic mass is 9.53. The third-order valence-electron chi connectivity index (χ3n) is 4.86. The highest BCUT2D eigenvalue weighted by atomic mass is 32.2. The van der Waals surface area contributed by atoms with Crippen LogP contribution in [0.1, 0.15) is 25.7 Å². The monoisotopic (exact) mass is 322 g/mol. The third kappa shape index (κ3) is 2.13. The van der Waals surface area contributed by atoms with Crippen molar-refractivity contribution in [1.82, 2.24) is 19.3 Å². The lowest BCUT2D eigenvalue weighted by Crippen LogP contribution is -2.58. The zero-order valence-electron chi connectivity index (χ0n) is 12.3. The second-order valence-corrected chi connectivity index (χ2v) is 8.04. The number of hydrogen-bond acceptors (Lipinski definition) is 5. The first kappa shape index (κ1) is 14.1. The topological polar surface area (TPSA) is 85.6 Å². The van der Waals surface area contributed by atoms with Gasteiger partial charge in [0.05, 0.1) is 12.3 Å². The molecule has 2 aliphatic rings. The number of nitrogens with zero attached hydrogens (tertiary/aromatic N) is 3. The van der Waals surface area contributed by atoms with Gasteiger partial charge in [-0.05, 0) is 43.2 Å². The van der Waals surface area contributed by atoms with Gasteiger partial charge in [0.25, 0.3) is 10.0 Å². The van der Waals surface area contributed by atoms with Gasteiger partial charge in [-0.25, -0.2) is 22.6 Å². The summed E-state index contributed by atoms with van der Waals surface area (Å²) >= 11 is 0. The zero-order valence-corrected chi connectivity index (χ0v) is 13.1.